The minimum atomic E-state index is -4.44. The molecule has 0 radical (unpaired) electrons. The molecule has 0 spiro atoms. The Labute approximate surface area is 142 Å². The fourth-order valence-electron chi connectivity index (χ4n) is 3.20. The lowest BCUT2D eigenvalue weighted by atomic mass is 9.94. The summed E-state index contributed by atoms with van der Waals surface area (Å²) in [6, 6.07) is 7.80. The number of carbonyl (C=O) groups is 1. The van der Waals surface area contributed by atoms with Crippen LogP contribution in [0.5, 0.6) is 0 Å². The maximum absolute atomic E-state index is 12.7. The van der Waals surface area contributed by atoms with Crippen LogP contribution in [0.3, 0.4) is 0 Å². The van der Waals surface area contributed by atoms with Crippen molar-refractivity contribution in [1.29, 1.82) is 0 Å². The maximum Gasteiger partial charge on any atom is 0.435 e. The first-order chi connectivity index (χ1) is 11.8. The van der Waals surface area contributed by atoms with Gasteiger partial charge in [0.05, 0.1) is 5.56 Å². The van der Waals surface area contributed by atoms with E-state index in [0.29, 0.717) is 18.8 Å². The molecular weight excluding hydrogens is 335 g/mol. The zero-order valence-corrected chi connectivity index (χ0v) is 13.4. The Morgan fingerprint density at radius 2 is 2.16 bits per heavy atom. The first-order valence-electron chi connectivity index (χ1n) is 8.00. The summed E-state index contributed by atoms with van der Waals surface area (Å²) in [6.07, 6.45) is -2.78. The van der Waals surface area contributed by atoms with Gasteiger partial charge in [0, 0.05) is 24.7 Å². The van der Waals surface area contributed by atoms with Gasteiger partial charge in [-0.15, -0.1) is 0 Å². The average molecular weight is 353 g/mol. The molecule has 0 bridgehead atoms. The van der Waals surface area contributed by atoms with Gasteiger partial charge in [0.25, 0.3) is 0 Å². The van der Waals surface area contributed by atoms with Crippen LogP contribution >= 0.6 is 0 Å². The molecule has 1 aliphatic heterocycles. The first-order valence-corrected chi connectivity index (χ1v) is 8.00. The lowest BCUT2D eigenvalue weighted by Crippen LogP contribution is -2.34. The summed E-state index contributed by atoms with van der Waals surface area (Å²) in [4.78, 5) is 13.2. The van der Waals surface area contributed by atoms with Gasteiger partial charge in [-0.05, 0) is 43.1 Å². The number of alkyl halides is 3. The number of carboxylic acids is 1. The molecule has 1 atom stereocenters. The molecule has 5 nitrogen and oxygen atoms in total. The summed E-state index contributed by atoms with van der Waals surface area (Å²) in [5.41, 5.74) is 0.709. The second kappa shape index (κ2) is 6.87. The van der Waals surface area contributed by atoms with Crippen molar-refractivity contribution in [1.82, 2.24) is 15.1 Å². The highest BCUT2D eigenvalue weighted by molar-refractivity contribution is 5.87. The van der Waals surface area contributed by atoms with E-state index in [4.69, 9.17) is 5.11 Å². The van der Waals surface area contributed by atoms with Crippen LogP contribution in [0.1, 0.15) is 46.1 Å². The van der Waals surface area contributed by atoms with Crippen LogP contribution < -0.4 is 0 Å². The van der Waals surface area contributed by atoms with Crippen molar-refractivity contribution in [2.24, 2.45) is 0 Å². The molecule has 0 amide bonds. The van der Waals surface area contributed by atoms with Crippen LogP contribution in [0.15, 0.2) is 30.3 Å². The lowest BCUT2D eigenvalue weighted by molar-refractivity contribution is -0.141. The molecule has 1 aliphatic rings. The number of hydrogen-bond donors (Lipinski definition) is 2. The Morgan fingerprint density at radius 1 is 1.36 bits per heavy atom. The van der Waals surface area contributed by atoms with Gasteiger partial charge >= 0.3 is 12.1 Å². The second-order valence-electron chi connectivity index (χ2n) is 6.29. The van der Waals surface area contributed by atoms with Crippen molar-refractivity contribution < 1.29 is 23.1 Å². The predicted molar refractivity (Wildman–Crippen MR) is 84.2 cm³/mol. The predicted octanol–water partition coefficient (Wildman–Crippen LogP) is 3.51. The van der Waals surface area contributed by atoms with E-state index in [1.807, 2.05) is 6.07 Å². The summed E-state index contributed by atoms with van der Waals surface area (Å²) in [5.74, 6) is -1.02. The Bertz CT molecular complexity index is 758. The Morgan fingerprint density at radius 3 is 2.84 bits per heavy atom. The molecule has 134 valence electrons. The van der Waals surface area contributed by atoms with Crippen molar-refractivity contribution in [2.45, 2.75) is 31.5 Å². The third kappa shape index (κ3) is 4.19. The number of halogens is 3. The number of benzene rings is 1. The van der Waals surface area contributed by atoms with Gasteiger partial charge in [-0.2, -0.15) is 18.3 Å². The quantitative estimate of drug-likeness (QED) is 0.883. The monoisotopic (exact) mass is 353 g/mol. The van der Waals surface area contributed by atoms with E-state index in [0.717, 1.165) is 31.0 Å². The van der Waals surface area contributed by atoms with Crippen molar-refractivity contribution in [3.05, 3.63) is 52.8 Å². The minimum absolute atomic E-state index is 0.0417. The number of hydrogen-bond acceptors (Lipinski definition) is 3. The van der Waals surface area contributed by atoms with Gasteiger partial charge in [-0.3, -0.25) is 10.00 Å². The molecule has 0 aliphatic carbocycles. The SMILES string of the molecule is O=C(O)c1cccc(CN2CCCC(c3cc(C(F)(F)F)n[nH]3)C2)c1. The minimum Gasteiger partial charge on any atom is -0.478 e. The van der Waals surface area contributed by atoms with E-state index in [1.54, 1.807) is 12.1 Å². The highest BCUT2D eigenvalue weighted by Gasteiger charge is 2.35. The Balaban J connectivity index is 1.68. The van der Waals surface area contributed by atoms with E-state index >= 15 is 0 Å². The van der Waals surface area contributed by atoms with Gasteiger partial charge in [-0.1, -0.05) is 12.1 Å². The zero-order chi connectivity index (χ0) is 18.0. The molecule has 1 aromatic carbocycles. The number of H-pyrrole nitrogens is 1. The van der Waals surface area contributed by atoms with Crippen LogP contribution in [-0.2, 0) is 12.7 Å². The number of aromatic carboxylic acids is 1. The third-order valence-electron chi connectivity index (χ3n) is 4.41. The fourth-order valence-corrected chi connectivity index (χ4v) is 3.20. The van der Waals surface area contributed by atoms with Crippen LogP contribution in [0.4, 0.5) is 13.2 Å². The van der Waals surface area contributed by atoms with E-state index in [2.05, 4.69) is 15.1 Å². The number of nitrogens with zero attached hydrogens (tertiary/aromatic N) is 2. The molecule has 2 aromatic rings. The molecule has 2 N–H and O–H groups in total. The normalized spacial score (nSPS) is 19.1. The van der Waals surface area contributed by atoms with Gasteiger partial charge < -0.3 is 5.11 Å². The number of aromatic nitrogens is 2. The molecule has 1 aromatic heterocycles. The van der Waals surface area contributed by atoms with Gasteiger partial charge in [0.2, 0.25) is 0 Å². The summed E-state index contributed by atoms with van der Waals surface area (Å²) in [5, 5.41) is 14.9. The molecule has 1 unspecified atom stereocenters. The summed E-state index contributed by atoms with van der Waals surface area (Å²) >= 11 is 0. The summed E-state index contributed by atoms with van der Waals surface area (Å²) in [6.45, 7) is 2.00. The molecule has 1 saturated heterocycles. The highest BCUT2D eigenvalue weighted by Crippen LogP contribution is 2.32. The average Bonchev–Trinajstić information content (AvgIpc) is 3.06. The van der Waals surface area contributed by atoms with Crippen LogP contribution in [0.2, 0.25) is 0 Å². The first kappa shape index (κ1) is 17.5. The van der Waals surface area contributed by atoms with Gasteiger partial charge in [-0.25, -0.2) is 4.79 Å². The number of likely N-dealkylation sites (tertiary alicyclic amines) is 1. The lowest BCUT2D eigenvalue weighted by Gasteiger charge is -2.32. The molecule has 25 heavy (non-hydrogen) atoms. The van der Waals surface area contributed by atoms with Gasteiger partial charge in [0.15, 0.2) is 5.69 Å². The van der Waals surface area contributed by atoms with Crippen molar-refractivity contribution in [2.75, 3.05) is 13.1 Å². The smallest absolute Gasteiger partial charge is 0.435 e. The molecule has 2 heterocycles. The Hall–Kier alpha value is -2.35. The number of rotatable bonds is 4. The molecule has 1 fully saturated rings. The van der Waals surface area contributed by atoms with Crippen molar-refractivity contribution >= 4 is 5.97 Å². The fraction of sp³-hybridized carbons (Fsp3) is 0.412. The number of nitrogens with one attached hydrogen (secondary N) is 1. The number of carboxylic acid groups (broad SMARTS) is 1. The molecular formula is C17H18F3N3O2. The highest BCUT2D eigenvalue weighted by atomic mass is 19.4. The second-order valence-corrected chi connectivity index (χ2v) is 6.29. The van der Waals surface area contributed by atoms with Crippen LogP contribution in [-0.4, -0.2) is 39.3 Å². The molecule has 0 saturated carbocycles. The van der Waals surface area contributed by atoms with E-state index in [1.165, 1.54) is 6.07 Å². The summed E-state index contributed by atoms with van der Waals surface area (Å²) < 4.78 is 38.1. The van der Waals surface area contributed by atoms with Crippen LogP contribution in [0, 0.1) is 0 Å². The standard InChI is InChI=1S/C17H18F3N3O2/c18-17(19,20)15-8-14(21-22-15)13-5-2-6-23(10-13)9-11-3-1-4-12(7-11)16(24)25/h1,3-4,7-8,13H,2,5-6,9-10H2,(H,21,22)(H,24,25). The van der Waals surface area contributed by atoms with Crippen molar-refractivity contribution in [3.63, 3.8) is 0 Å². The van der Waals surface area contributed by atoms with E-state index in [-0.39, 0.29) is 11.5 Å². The number of aromatic amines is 1. The Kier molecular flexibility index (Phi) is 4.80. The molecule has 8 heteroatoms. The number of piperidine rings is 1. The van der Waals surface area contributed by atoms with Gasteiger partial charge in [0.1, 0.15) is 0 Å². The van der Waals surface area contributed by atoms with Crippen molar-refractivity contribution in [3.8, 4) is 0 Å². The third-order valence-corrected chi connectivity index (χ3v) is 4.41. The largest absolute Gasteiger partial charge is 0.478 e. The topological polar surface area (TPSA) is 69.2 Å². The van der Waals surface area contributed by atoms with E-state index < -0.39 is 17.8 Å². The van der Waals surface area contributed by atoms with Crippen LogP contribution in [0.25, 0.3) is 0 Å². The van der Waals surface area contributed by atoms with E-state index in [9.17, 15) is 18.0 Å². The maximum atomic E-state index is 12.7. The summed E-state index contributed by atoms with van der Waals surface area (Å²) in [7, 11) is 0. The zero-order valence-electron chi connectivity index (χ0n) is 13.4. The molecule has 3 rings (SSSR count).